The van der Waals surface area contributed by atoms with Gasteiger partial charge in [0.2, 0.25) is 0 Å². The molecule has 1 aliphatic heterocycles. The molecule has 0 spiro atoms. The molecule has 0 amide bonds. The van der Waals surface area contributed by atoms with Gasteiger partial charge in [0.05, 0.1) is 22.0 Å². The summed E-state index contributed by atoms with van der Waals surface area (Å²) in [6.07, 6.45) is 1.51. The lowest BCUT2D eigenvalue weighted by Gasteiger charge is -2.15. The molecule has 1 unspecified atom stereocenters. The highest BCUT2D eigenvalue weighted by molar-refractivity contribution is 6.42. The monoisotopic (exact) mass is 360 g/mol. The van der Waals surface area contributed by atoms with E-state index in [0.717, 1.165) is 28.9 Å². The smallest absolute Gasteiger partial charge is 0.127 e. The average molecular weight is 362 g/mol. The Morgan fingerprint density at radius 1 is 1.05 bits per heavy atom. The van der Waals surface area contributed by atoms with Crippen molar-refractivity contribution in [1.82, 2.24) is 0 Å². The van der Waals surface area contributed by atoms with Crippen LogP contribution in [0.15, 0.2) is 30.3 Å². The summed E-state index contributed by atoms with van der Waals surface area (Å²) in [5.74, 6) is 0.875. The molecule has 3 rings (SSSR count). The van der Waals surface area contributed by atoms with Gasteiger partial charge < -0.3 is 4.74 Å². The highest BCUT2D eigenvalue weighted by Crippen LogP contribution is 2.40. The third kappa shape index (κ3) is 3.27. The van der Waals surface area contributed by atoms with Gasteiger partial charge in [-0.05, 0) is 41.8 Å². The van der Waals surface area contributed by atoms with Crippen LogP contribution in [-0.4, -0.2) is 6.61 Å². The quantitative estimate of drug-likeness (QED) is 0.599. The Bertz CT molecular complexity index is 684. The predicted molar refractivity (Wildman–Crippen MR) is 89.4 cm³/mol. The molecule has 0 saturated heterocycles. The van der Waals surface area contributed by atoms with E-state index in [9.17, 15) is 0 Å². The molecule has 0 aliphatic carbocycles. The van der Waals surface area contributed by atoms with Gasteiger partial charge in [-0.1, -0.05) is 40.9 Å². The zero-order valence-corrected chi connectivity index (χ0v) is 14.0. The molecule has 1 heterocycles. The summed E-state index contributed by atoms with van der Waals surface area (Å²) in [6.45, 7) is 0.680. The Labute approximate surface area is 143 Å². The molecule has 1 atom stereocenters. The Hall–Kier alpha value is -0.600. The third-order valence-corrected chi connectivity index (χ3v) is 4.86. The summed E-state index contributed by atoms with van der Waals surface area (Å²) < 4.78 is 5.70. The first-order chi connectivity index (χ1) is 10.0. The van der Waals surface area contributed by atoms with Gasteiger partial charge >= 0.3 is 0 Å². The third-order valence-electron chi connectivity index (χ3n) is 3.51. The van der Waals surface area contributed by atoms with Crippen molar-refractivity contribution >= 4 is 46.4 Å². The first-order valence-corrected chi connectivity index (χ1v) is 8.15. The Morgan fingerprint density at radius 3 is 2.62 bits per heavy atom. The van der Waals surface area contributed by atoms with E-state index in [4.69, 9.17) is 51.1 Å². The van der Waals surface area contributed by atoms with Crippen LogP contribution in [0.4, 0.5) is 0 Å². The van der Waals surface area contributed by atoms with Gasteiger partial charge in [0.1, 0.15) is 5.75 Å². The molecule has 1 nitrogen and oxygen atoms in total. The highest BCUT2D eigenvalue weighted by atomic mass is 35.5. The molecular weight excluding hydrogens is 350 g/mol. The van der Waals surface area contributed by atoms with E-state index >= 15 is 0 Å². The number of fused-ring (bicyclic) bond motifs is 1. The van der Waals surface area contributed by atoms with Crippen molar-refractivity contribution < 1.29 is 4.74 Å². The van der Waals surface area contributed by atoms with E-state index in [-0.39, 0.29) is 5.38 Å². The molecule has 5 heteroatoms. The zero-order valence-electron chi connectivity index (χ0n) is 11.0. The molecule has 0 N–H and O–H groups in total. The summed E-state index contributed by atoms with van der Waals surface area (Å²) in [4.78, 5) is 0. The summed E-state index contributed by atoms with van der Waals surface area (Å²) in [5, 5.41) is 1.53. The maximum Gasteiger partial charge on any atom is 0.127 e. The molecule has 0 saturated carbocycles. The molecule has 1 aliphatic rings. The van der Waals surface area contributed by atoms with Crippen molar-refractivity contribution in [3.63, 3.8) is 0 Å². The number of hydrogen-bond donors (Lipinski definition) is 0. The lowest BCUT2D eigenvalue weighted by atomic mass is 10.0. The second kappa shape index (κ2) is 6.26. The van der Waals surface area contributed by atoms with Gasteiger partial charge in [-0.25, -0.2) is 0 Å². The lowest BCUT2D eigenvalue weighted by Crippen LogP contribution is -1.99. The van der Waals surface area contributed by atoms with Crippen LogP contribution in [0.25, 0.3) is 0 Å². The van der Waals surface area contributed by atoms with Gasteiger partial charge in [0.15, 0.2) is 0 Å². The predicted octanol–water partition coefficient (Wildman–Crippen LogP) is 6.10. The Morgan fingerprint density at radius 2 is 1.86 bits per heavy atom. The second-order valence-corrected chi connectivity index (χ2v) is 6.78. The normalized spacial score (nSPS) is 14.7. The van der Waals surface area contributed by atoms with Gasteiger partial charge in [-0.15, -0.1) is 11.6 Å². The Kier molecular flexibility index (Phi) is 4.56. The van der Waals surface area contributed by atoms with Gasteiger partial charge in [0.25, 0.3) is 0 Å². The largest absolute Gasteiger partial charge is 0.493 e. The van der Waals surface area contributed by atoms with E-state index < -0.39 is 0 Å². The molecule has 0 bridgehead atoms. The minimum Gasteiger partial charge on any atom is -0.493 e. The molecule has 21 heavy (non-hydrogen) atoms. The Balaban J connectivity index is 1.89. The van der Waals surface area contributed by atoms with E-state index in [1.807, 2.05) is 24.3 Å². The molecule has 2 aromatic carbocycles. The van der Waals surface area contributed by atoms with Gasteiger partial charge in [-0.3, -0.25) is 0 Å². The van der Waals surface area contributed by atoms with E-state index in [2.05, 4.69) is 0 Å². The van der Waals surface area contributed by atoms with E-state index in [1.165, 1.54) is 0 Å². The summed E-state index contributed by atoms with van der Waals surface area (Å²) >= 11 is 24.7. The van der Waals surface area contributed by atoms with Crippen LogP contribution in [0.1, 0.15) is 22.1 Å². The number of benzene rings is 2. The van der Waals surface area contributed by atoms with Crippen LogP contribution in [-0.2, 0) is 12.8 Å². The van der Waals surface area contributed by atoms with E-state index in [1.54, 1.807) is 6.07 Å². The standard InChI is InChI=1S/C16H12Cl4O/c17-11-7-10-3-4-21-16(10)12(8-11)14(19)5-9-1-2-13(18)15(20)6-9/h1-2,6-8,14H,3-5H2. The van der Waals surface area contributed by atoms with Crippen LogP contribution in [0.5, 0.6) is 5.75 Å². The maximum absolute atomic E-state index is 6.57. The number of hydrogen-bond acceptors (Lipinski definition) is 1. The van der Waals surface area contributed by atoms with Crippen LogP contribution in [0, 0.1) is 0 Å². The molecule has 0 radical (unpaired) electrons. The van der Waals surface area contributed by atoms with E-state index in [0.29, 0.717) is 28.1 Å². The van der Waals surface area contributed by atoms with Gasteiger partial charge in [0, 0.05) is 17.0 Å². The fraction of sp³-hybridized carbons (Fsp3) is 0.250. The first-order valence-electron chi connectivity index (χ1n) is 6.57. The van der Waals surface area contributed by atoms with Crippen LogP contribution >= 0.6 is 46.4 Å². The summed E-state index contributed by atoms with van der Waals surface area (Å²) in [6, 6.07) is 9.36. The zero-order chi connectivity index (χ0) is 15.0. The van der Waals surface area contributed by atoms with Crippen molar-refractivity contribution in [2.75, 3.05) is 6.61 Å². The first kappa shape index (κ1) is 15.3. The van der Waals surface area contributed by atoms with Gasteiger partial charge in [-0.2, -0.15) is 0 Å². The number of rotatable bonds is 3. The van der Waals surface area contributed by atoms with Crippen molar-refractivity contribution in [3.05, 3.63) is 62.1 Å². The molecule has 0 fully saturated rings. The SMILES string of the molecule is Clc1cc2c(c(C(Cl)Cc3ccc(Cl)c(Cl)c3)c1)OCC2. The van der Waals surface area contributed by atoms with Crippen LogP contribution in [0.3, 0.4) is 0 Å². The highest BCUT2D eigenvalue weighted by Gasteiger charge is 2.22. The lowest BCUT2D eigenvalue weighted by molar-refractivity contribution is 0.353. The van der Waals surface area contributed by atoms with Crippen molar-refractivity contribution in [2.45, 2.75) is 18.2 Å². The van der Waals surface area contributed by atoms with Crippen molar-refractivity contribution in [3.8, 4) is 5.75 Å². The van der Waals surface area contributed by atoms with Crippen molar-refractivity contribution in [1.29, 1.82) is 0 Å². The minimum absolute atomic E-state index is 0.229. The fourth-order valence-electron chi connectivity index (χ4n) is 2.51. The number of alkyl halides is 1. The summed E-state index contributed by atoms with van der Waals surface area (Å²) in [5.41, 5.74) is 3.08. The fourth-order valence-corrected chi connectivity index (χ4v) is 3.42. The molecule has 2 aromatic rings. The number of ether oxygens (including phenoxy) is 1. The van der Waals surface area contributed by atoms with Crippen molar-refractivity contribution in [2.24, 2.45) is 0 Å². The summed E-state index contributed by atoms with van der Waals surface area (Å²) in [7, 11) is 0. The molecule has 0 aromatic heterocycles. The van der Waals surface area contributed by atoms with Crippen LogP contribution in [0.2, 0.25) is 15.1 Å². The number of halogens is 4. The minimum atomic E-state index is -0.229. The maximum atomic E-state index is 6.57. The van der Waals surface area contributed by atoms with Crippen LogP contribution < -0.4 is 4.74 Å². The molecular formula is C16H12Cl4O. The second-order valence-electron chi connectivity index (χ2n) is 5.00. The average Bonchev–Trinajstić information content (AvgIpc) is 2.90. The topological polar surface area (TPSA) is 9.23 Å². The molecule has 110 valence electrons.